The third kappa shape index (κ3) is 5.57. The summed E-state index contributed by atoms with van der Waals surface area (Å²) in [6.07, 6.45) is 1.86. The molecule has 0 aromatic heterocycles. The monoisotopic (exact) mass is 631 g/mol. The Bertz CT molecular complexity index is 1860. The number of methoxy groups -OCH3 is 2. The lowest BCUT2D eigenvalue weighted by Crippen LogP contribution is -2.44. The van der Waals surface area contributed by atoms with Gasteiger partial charge in [-0.1, -0.05) is 75.4 Å². The maximum atomic E-state index is 14.1. The number of rotatable bonds is 10. The molecule has 2 bridgehead atoms. The van der Waals surface area contributed by atoms with E-state index in [1.165, 1.54) is 4.90 Å². The van der Waals surface area contributed by atoms with Crippen LogP contribution in [-0.4, -0.2) is 49.2 Å². The molecular weight excluding hydrogens is 590 g/mol. The van der Waals surface area contributed by atoms with Gasteiger partial charge >= 0.3 is 17.6 Å². The van der Waals surface area contributed by atoms with Crippen LogP contribution in [0.5, 0.6) is 11.5 Å². The Morgan fingerprint density at radius 3 is 2.32 bits per heavy atom. The molecule has 0 N–H and O–H groups in total. The van der Waals surface area contributed by atoms with Crippen molar-refractivity contribution >= 4 is 34.0 Å². The van der Waals surface area contributed by atoms with Crippen LogP contribution in [0.1, 0.15) is 50.7 Å². The molecule has 4 atom stereocenters. The Hall–Kier alpha value is -4.94. The maximum Gasteiger partial charge on any atom is 0.463 e. The lowest BCUT2D eigenvalue weighted by molar-refractivity contribution is -0.151. The highest BCUT2D eigenvalue weighted by molar-refractivity contribution is 6.64. The summed E-state index contributed by atoms with van der Waals surface area (Å²) in [5.41, 5.74) is 11.8. The molecule has 4 aromatic rings. The number of nitrogens with zero attached hydrogens (tertiary/aromatic N) is 3. The zero-order valence-corrected chi connectivity index (χ0v) is 27.6. The van der Waals surface area contributed by atoms with E-state index in [1.54, 1.807) is 38.5 Å². The zero-order valence-electron chi connectivity index (χ0n) is 27.6. The average molecular weight is 632 g/mol. The second kappa shape index (κ2) is 12.7. The smallest absolute Gasteiger partial charge is 0.463 e. The quantitative estimate of drug-likeness (QED) is 0.0603. The minimum Gasteiger partial charge on any atom is -0.497 e. The molecule has 8 heteroatoms. The van der Waals surface area contributed by atoms with Gasteiger partial charge in [-0.05, 0) is 88.4 Å². The lowest BCUT2D eigenvalue weighted by Gasteiger charge is -2.40. The van der Waals surface area contributed by atoms with Crippen molar-refractivity contribution in [3.63, 3.8) is 0 Å². The van der Waals surface area contributed by atoms with Crippen LogP contribution in [0.4, 0.5) is 5.69 Å². The summed E-state index contributed by atoms with van der Waals surface area (Å²) in [5.74, 6) is -0.390. The largest absolute Gasteiger partial charge is 0.497 e. The fourth-order valence-electron chi connectivity index (χ4n) is 8.14. The number of hydrogen-bond donors (Lipinski definition) is 0. The van der Waals surface area contributed by atoms with Crippen molar-refractivity contribution in [2.45, 2.75) is 52.1 Å². The Kier molecular flexibility index (Phi) is 8.64. The van der Waals surface area contributed by atoms with Crippen molar-refractivity contribution in [1.29, 1.82) is 0 Å². The van der Waals surface area contributed by atoms with Crippen LogP contribution in [0.15, 0.2) is 91.0 Å². The fraction of sp³-hybridized carbons (Fsp3) is 0.359. The van der Waals surface area contributed by atoms with E-state index in [-0.39, 0.29) is 29.2 Å². The van der Waals surface area contributed by atoms with E-state index in [1.807, 2.05) is 36.4 Å². The first kappa shape index (κ1) is 32.0. The number of anilines is 1. The molecule has 8 nitrogen and oxygen atoms in total. The van der Waals surface area contributed by atoms with Crippen LogP contribution in [0.2, 0.25) is 0 Å². The summed E-state index contributed by atoms with van der Waals surface area (Å²) in [6.45, 7) is 7.02. The van der Waals surface area contributed by atoms with E-state index in [0.717, 1.165) is 34.7 Å². The van der Waals surface area contributed by atoms with Gasteiger partial charge in [0.25, 0.3) is 0 Å². The highest BCUT2D eigenvalue weighted by Gasteiger charge is 2.68. The molecule has 0 aliphatic heterocycles. The molecule has 0 saturated heterocycles. The van der Waals surface area contributed by atoms with E-state index >= 15 is 0 Å². The van der Waals surface area contributed by atoms with E-state index in [0.29, 0.717) is 23.6 Å². The van der Waals surface area contributed by atoms with Crippen LogP contribution in [0.3, 0.4) is 0 Å². The van der Waals surface area contributed by atoms with Crippen molar-refractivity contribution in [1.82, 2.24) is 0 Å². The van der Waals surface area contributed by atoms with Gasteiger partial charge in [-0.25, -0.2) is 4.79 Å². The maximum absolute atomic E-state index is 14.1. The van der Waals surface area contributed by atoms with Gasteiger partial charge in [0.05, 0.1) is 14.2 Å². The summed E-state index contributed by atoms with van der Waals surface area (Å²) in [7, 11) is 3.17. The normalized spacial score (nSPS) is 22.4. The minimum absolute atomic E-state index is 0.0706. The van der Waals surface area contributed by atoms with E-state index in [9.17, 15) is 15.1 Å². The van der Waals surface area contributed by atoms with Gasteiger partial charge in [0.2, 0.25) is 0 Å². The number of carbonyl (C=O) groups is 2. The standard InChI is InChI=1S/C39H41N3O5/c1-38(2)32-20-22-39(38,3)33(31-15-9-12-26-11-6-7-14-30(26)31)35(32)47-37(44)34(41-40)36(43)42(27-16-18-28(45-4)19-17-27)23-21-25-10-8-13-29(24-25)46-5/h6-19,24,32-33,35H,20-23H2,1-5H3/t32-,33-,35-,39-/m1/s1. The predicted octanol–water partition coefficient (Wildman–Crippen LogP) is 7.26. The van der Waals surface area contributed by atoms with Crippen LogP contribution < -0.4 is 14.4 Å². The van der Waals surface area contributed by atoms with E-state index in [2.05, 4.69) is 55.9 Å². The second-order valence-corrected chi connectivity index (χ2v) is 13.4. The summed E-state index contributed by atoms with van der Waals surface area (Å²) in [6, 6.07) is 29.1. The average Bonchev–Trinajstić information content (AvgIpc) is 3.41. The first-order valence-corrected chi connectivity index (χ1v) is 16.1. The summed E-state index contributed by atoms with van der Waals surface area (Å²) in [5, 5.41) is 2.25. The van der Waals surface area contributed by atoms with Crippen molar-refractivity contribution in [2.24, 2.45) is 16.7 Å². The molecule has 0 heterocycles. The van der Waals surface area contributed by atoms with Crippen molar-refractivity contribution in [3.8, 4) is 11.5 Å². The highest BCUT2D eigenvalue weighted by Crippen LogP contribution is 2.72. The molecule has 2 fully saturated rings. The molecule has 47 heavy (non-hydrogen) atoms. The number of benzene rings is 4. The molecule has 2 aliphatic rings. The zero-order chi connectivity index (χ0) is 33.3. The van der Waals surface area contributed by atoms with Crippen LogP contribution in [-0.2, 0) is 20.7 Å². The number of fused-ring (bicyclic) bond motifs is 3. The summed E-state index contributed by atoms with van der Waals surface area (Å²) >= 11 is 0. The minimum atomic E-state index is -0.931. The molecule has 2 saturated carbocycles. The molecule has 1 amide bonds. The summed E-state index contributed by atoms with van der Waals surface area (Å²) in [4.78, 5) is 32.8. The van der Waals surface area contributed by atoms with Crippen LogP contribution >= 0.6 is 0 Å². The number of amides is 1. The summed E-state index contributed by atoms with van der Waals surface area (Å²) < 4.78 is 17.0. The lowest BCUT2D eigenvalue weighted by atomic mass is 9.64. The number of carbonyl (C=O) groups excluding carboxylic acids is 2. The first-order chi connectivity index (χ1) is 22.6. The molecule has 2 aliphatic carbocycles. The third-order valence-corrected chi connectivity index (χ3v) is 11.1. The van der Waals surface area contributed by atoms with Crippen LogP contribution in [0.25, 0.3) is 16.3 Å². The van der Waals surface area contributed by atoms with Gasteiger partial charge in [-0.3, -0.25) is 4.79 Å². The molecule has 0 spiro atoms. The molecule has 242 valence electrons. The van der Waals surface area contributed by atoms with E-state index in [4.69, 9.17) is 14.2 Å². The van der Waals surface area contributed by atoms with Crippen molar-refractivity contribution < 1.29 is 28.6 Å². The van der Waals surface area contributed by atoms with Gasteiger partial charge in [0.15, 0.2) is 0 Å². The van der Waals surface area contributed by atoms with Gasteiger partial charge in [0.1, 0.15) is 17.6 Å². The number of hydrogen-bond acceptors (Lipinski definition) is 5. The first-order valence-electron chi connectivity index (χ1n) is 16.1. The Labute approximate surface area is 275 Å². The van der Waals surface area contributed by atoms with E-state index < -0.39 is 23.7 Å². The van der Waals surface area contributed by atoms with Crippen LogP contribution in [0, 0.1) is 16.7 Å². The second-order valence-electron chi connectivity index (χ2n) is 13.4. The highest BCUT2D eigenvalue weighted by atomic mass is 16.5. The van der Waals surface area contributed by atoms with Gasteiger partial charge in [0, 0.05) is 24.1 Å². The third-order valence-electron chi connectivity index (χ3n) is 11.1. The Morgan fingerprint density at radius 1 is 0.894 bits per heavy atom. The van der Waals surface area contributed by atoms with Gasteiger partial charge < -0.3 is 24.6 Å². The molecule has 0 unspecified atom stereocenters. The predicted molar refractivity (Wildman–Crippen MR) is 182 cm³/mol. The fourth-order valence-corrected chi connectivity index (χ4v) is 8.14. The topological polar surface area (TPSA) is 101 Å². The van der Waals surface area contributed by atoms with Gasteiger partial charge in [-0.15, -0.1) is 0 Å². The SMILES string of the molecule is COc1ccc(N(CCc2cccc(OC)c2)C(=O)C(=[N+]=[N-])C(=O)O[C@@H]2[C@H]3CC[C@](C)([C@@H]2c2cccc4ccccc24)C3(C)C)cc1. The van der Waals surface area contributed by atoms with Crippen molar-refractivity contribution in [2.75, 3.05) is 25.7 Å². The molecular formula is C39H41N3O5. The Balaban J connectivity index is 1.32. The molecule has 0 radical (unpaired) electrons. The van der Waals surface area contributed by atoms with Gasteiger partial charge in [-0.2, -0.15) is 4.79 Å². The number of esters is 1. The number of ether oxygens (including phenoxy) is 3. The Morgan fingerprint density at radius 2 is 1.60 bits per heavy atom. The molecule has 6 rings (SSSR count). The molecule has 4 aromatic carbocycles. The van der Waals surface area contributed by atoms with Crippen molar-refractivity contribution in [3.05, 3.63) is 108 Å².